The van der Waals surface area contributed by atoms with Gasteiger partial charge in [-0.3, -0.25) is 0 Å². The number of halogens is 3. The molecule has 1 heterocycles. The fraction of sp³-hybridized carbons (Fsp3) is 0.533. The number of rotatable bonds is 2. The van der Waals surface area contributed by atoms with Crippen molar-refractivity contribution in [2.24, 2.45) is 11.0 Å². The molecule has 0 saturated heterocycles. The lowest BCUT2D eigenvalue weighted by Crippen LogP contribution is -2.61. The fourth-order valence-electron chi connectivity index (χ4n) is 3.23. The number of hydrazone groups is 1. The van der Waals surface area contributed by atoms with Crippen LogP contribution < -0.4 is 0 Å². The van der Waals surface area contributed by atoms with Crippen LogP contribution in [0.15, 0.2) is 34.3 Å². The van der Waals surface area contributed by atoms with Gasteiger partial charge in [-0.1, -0.05) is 24.1 Å². The summed E-state index contributed by atoms with van der Waals surface area (Å²) in [5.74, 6) is -1.36. The number of sulfonamides is 1. The van der Waals surface area contributed by atoms with Crippen LogP contribution in [0, 0.1) is 12.8 Å². The number of fused-ring (bicyclic) bond motifs is 1. The lowest BCUT2D eigenvalue weighted by Gasteiger charge is -2.38. The zero-order valence-corrected chi connectivity index (χ0v) is 13.7. The first-order valence-electron chi connectivity index (χ1n) is 7.57. The lowest BCUT2D eigenvalue weighted by atomic mass is 9.81. The normalized spacial score (nSPS) is 27.8. The topological polar surface area (TPSA) is 70.0 Å². The number of aliphatic hydroxyl groups is 1. The van der Waals surface area contributed by atoms with Crippen LogP contribution in [0.4, 0.5) is 13.2 Å². The lowest BCUT2D eigenvalue weighted by molar-refractivity contribution is -0.306. The van der Waals surface area contributed by atoms with Crippen LogP contribution in [0.2, 0.25) is 0 Å². The van der Waals surface area contributed by atoms with Crippen molar-refractivity contribution in [1.29, 1.82) is 0 Å². The van der Waals surface area contributed by atoms with Gasteiger partial charge in [-0.05, 0) is 38.3 Å². The van der Waals surface area contributed by atoms with Gasteiger partial charge in [-0.25, -0.2) is 0 Å². The summed E-state index contributed by atoms with van der Waals surface area (Å²) in [6, 6.07) is 5.39. The molecule has 1 aliphatic carbocycles. The van der Waals surface area contributed by atoms with Gasteiger partial charge in [0, 0.05) is 5.71 Å². The Labute approximate surface area is 137 Å². The SMILES string of the molecule is Cc1ccc(S(=O)(=O)N2N=C3CCCC[C@@H]3[C@]2(O)C(F)(F)F)cc1. The Morgan fingerprint density at radius 2 is 1.88 bits per heavy atom. The number of nitrogens with zero attached hydrogens (tertiary/aromatic N) is 2. The Hall–Kier alpha value is -1.61. The van der Waals surface area contributed by atoms with E-state index in [4.69, 9.17) is 0 Å². The maximum atomic E-state index is 13.6. The molecule has 2 aliphatic rings. The molecular weight excluding hydrogens is 345 g/mol. The first-order valence-corrected chi connectivity index (χ1v) is 9.01. The van der Waals surface area contributed by atoms with Crippen molar-refractivity contribution < 1.29 is 26.7 Å². The standard InChI is InChI=1S/C15H17F3N2O3S/c1-10-6-8-11(9-7-10)24(22,23)20-14(21,15(16,17)18)12-4-2-3-5-13(12)19-20/h6-9,12,21H,2-5H2,1H3/t12-,14-/m0/s1. The van der Waals surface area contributed by atoms with E-state index >= 15 is 0 Å². The quantitative estimate of drug-likeness (QED) is 0.880. The number of hydrogen-bond acceptors (Lipinski definition) is 4. The van der Waals surface area contributed by atoms with Gasteiger partial charge in [0.2, 0.25) is 0 Å². The van der Waals surface area contributed by atoms with Crippen molar-refractivity contribution in [1.82, 2.24) is 4.41 Å². The summed E-state index contributed by atoms with van der Waals surface area (Å²) in [5.41, 5.74) is -2.68. The molecule has 0 spiro atoms. The highest BCUT2D eigenvalue weighted by Gasteiger charge is 2.69. The second-order valence-corrected chi connectivity index (χ2v) is 7.94. The van der Waals surface area contributed by atoms with Crippen LogP contribution >= 0.6 is 0 Å². The van der Waals surface area contributed by atoms with E-state index in [1.807, 2.05) is 0 Å². The Morgan fingerprint density at radius 3 is 2.46 bits per heavy atom. The minimum atomic E-state index is -5.15. The minimum Gasteiger partial charge on any atom is -0.361 e. The van der Waals surface area contributed by atoms with Gasteiger partial charge < -0.3 is 5.11 Å². The van der Waals surface area contributed by atoms with Crippen molar-refractivity contribution in [3.05, 3.63) is 29.8 Å². The third-order valence-electron chi connectivity index (χ3n) is 4.54. The van der Waals surface area contributed by atoms with Gasteiger partial charge >= 0.3 is 6.18 Å². The molecule has 1 saturated carbocycles. The van der Waals surface area contributed by atoms with Gasteiger partial charge in [-0.2, -0.15) is 26.7 Å². The fourth-order valence-corrected chi connectivity index (χ4v) is 4.72. The molecule has 0 bridgehead atoms. The van der Waals surface area contributed by atoms with E-state index in [9.17, 15) is 26.7 Å². The van der Waals surface area contributed by atoms with Gasteiger partial charge in [0.25, 0.3) is 15.7 Å². The molecule has 1 aromatic rings. The molecule has 132 valence electrons. The smallest absolute Gasteiger partial charge is 0.361 e. The minimum absolute atomic E-state index is 0.0504. The van der Waals surface area contributed by atoms with Gasteiger partial charge in [0.15, 0.2) is 0 Å². The summed E-state index contributed by atoms with van der Waals surface area (Å²) in [4.78, 5) is -0.334. The van der Waals surface area contributed by atoms with Crippen molar-refractivity contribution in [3.63, 3.8) is 0 Å². The third-order valence-corrected chi connectivity index (χ3v) is 6.22. The monoisotopic (exact) mass is 362 g/mol. The van der Waals surface area contributed by atoms with E-state index in [1.54, 1.807) is 6.92 Å². The molecule has 1 aromatic carbocycles. The first-order chi connectivity index (χ1) is 11.1. The van der Waals surface area contributed by atoms with Gasteiger partial charge in [0.1, 0.15) is 0 Å². The summed E-state index contributed by atoms with van der Waals surface area (Å²) in [7, 11) is -4.63. The molecule has 1 aliphatic heterocycles. The summed E-state index contributed by atoms with van der Waals surface area (Å²) in [6.07, 6.45) is -3.74. The molecule has 3 rings (SSSR count). The van der Waals surface area contributed by atoms with E-state index < -0.39 is 27.8 Å². The molecule has 1 fully saturated rings. The zero-order chi connectivity index (χ0) is 17.8. The van der Waals surface area contributed by atoms with E-state index in [1.165, 1.54) is 24.3 Å². The first kappa shape index (κ1) is 17.2. The van der Waals surface area contributed by atoms with Crippen LogP contribution in [-0.2, 0) is 10.0 Å². The van der Waals surface area contributed by atoms with Gasteiger partial charge in [-0.15, -0.1) is 4.41 Å². The average Bonchev–Trinajstić information content (AvgIpc) is 2.83. The second kappa shape index (κ2) is 5.45. The van der Waals surface area contributed by atoms with E-state index in [0.29, 0.717) is 12.8 Å². The molecule has 0 amide bonds. The maximum absolute atomic E-state index is 13.6. The highest BCUT2D eigenvalue weighted by molar-refractivity contribution is 7.89. The molecule has 5 nitrogen and oxygen atoms in total. The molecule has 1 N–H and O–H groups in total. The third kappa shape index (κ3) is 2.41. The highest BCUT2D eigenvalue weighted by Crippen LogP contribution is 2.49. The predicted octanol–water partition coefficient (Wildman–Crippen LogP) is 2.80. The Morgan fingerprint density at radius 1 is 1.25 bits per heavy atom. The summed E-state index contributed by atoms with van der Waals surface area (Å²) in [5, 5.41) is 14.1. The van der Waals surface area contributed by atoms with Crippen LogP contribution in [0.25, 0.3) is 0 Å². The predicted molar refractivity (Wildman–Crippen MR) is 80.6 cm³/mol. The van der Waals surface area contributed by atoms with Gasteiger partial charge in [0.05, 0.1) is 10.8 Å². The van der Waals surface area contributed by atoms with E-state index in [-0.39, 0.29) is 27.9 Å². The average molecular weight is 362 g/mol. The van der Waals surface area contributed by atoms with Crippen molar-refractivity contribution >= 4 is 15.7 Å². The molecule has 9 heteroatoms. The Balaban J connectivity index is 2.13. The number of hydrogen-bond donors (Lipinski definition) is 1. The summed E-state index contributed by atoms with van der Waals surface area (Å²) >= 11 is 0. The van der Waals surface area contributed by atoms with Crippen molar-refractivity contribution in [2.45, 2.75) is 49.4 Å². The molecular formula is C15H17F3N2O3S. The van der Waals surface area contributed by atoms with Crippen molar-refractivity contribution in [3.8, 4) is 0 Å². The van der Waals surface area contributed by atoms with Crippen LogP contribution in [0.5, 0.6) is 0 Å². The van der Waals surface area contributed by atoms with E-state index in [0.717, 1.165) is 5.56 Å². The molecule has 24 heavy (non-hydrogen) atoms. The maximum Gasteiger partial charge on any atom is 0.439 e. The second-order valence-electron chi connectivity index (χ2n) is 6.17. The number of benzene rings is 1. The molecule has 2 atom stereocenters. The van der Waals surface area contributed by atoms with E-state index in [2.05, 4.69) is 5.10 Å². The number of aryl methyl sites for hydroxylation is 1. The summed E-state index contributed by atoms with van der Waals surface area (Å²) in [6.45, 7) is 1.73. The number of alkyl halides is 3. The van der Waals surface area contributed by atoms with Crippen LogP contribution in [0.3, 0.4) is 0 Å². The molecule has 0 radical (unpaired) electrons. The van der Waals surface area contributed by atoms with Crippen LogP contribution in [-0.4, -0.2) is 35.6 Å². The van der Waals surface area contributed by atoms with Crippen LogP contribution in [0.1, 0.15) is 31.2 Å². The molecule has 0 unspecified atom stereocenters. The Kier molecular flexibility index (Phi) is 3.91. The zero-order valence-electron chi connectivity index (χ0n) is 12.9. The molecule has 0 aromatic heterocycles. The highest BCUT2D eigenvalue weighted by atomic mass is 32.2. The van der Waals surface area contributed by atoms with Crippen molar-refractivity contribution in [2.75, 3.05) is 0 Å². The Bertz CT molecular complexity index is 774. The summed E-state index contributed by atoms with van der Waals surface area (Å²) < 4.78 is 66.2. The largest absolute Gasteiger partial charge is 0.439 e.